The van der Waals surface area contributed by atoms with Crippen molar-refractivity contribution < 1.29 is 14.3 Å². The average Bonchev–Trinajstić information content (AvgIpc) is 2.46. The highest BCUT2D eigenvalue weighted by atomic mass is 79.9. The zero-order chi connectivity index (χ0) is 17.0. The van der Waals surface area contributed by atoms with Crippen molar-refractivity contribution in [2.45, 2.75) is 26.4 Å². The first-order valence-corrected chi connectivity index (χ1v) is 8.53. The van der Waals surface area contributed by atoms with Gasteiger partial charge in [-0.15, -0.1) is 0 Å². The molecule has 0 unspecified atom stereocenters. The maximum atomic E-state index is 12.3. The molecule has 126 valence electrons. The van der Waals surface area contributed by atoms with Gasteiger partial charge in [0, 0.05) is 36.2 Å². The van der Waals surface area contributed by atoms with E-state index in [0.29, 0.717) is 38.3 Å². The zero-order valence-electron chi connectivity index (χ0n) is 13.8. The number of amides is 1. The average molecular weight is 383 g/mol. The fraction of sp³-hybridized carbons (Fsp3) is 0.529. The van der Waals surface area contributed by atoms with Crippen molar-refractivity contribution in [3.8, 4) is 0 Å². The summed E-state index contributed by atoms with van der Waals surface area (Å²) < 4.78 is 6.33. The van der Waals surface area contributed by atoms with E-state index in [4.69, 9.17) is 4.74 Å². The topological polar surface area (TPSA) is 49.9 Å². The van der Waals surface area contributed by atoms with Crippen LogP contribution in [0.25, 0.3) is 0 Å². The largest absolute Gasteiger partial charge is 0.444 e. The zero-order valence-corrected chi connectivity index (χ0v) is 15.4. The molecule has 1 aliphatic heterocycles. The van der Waals surface area contributed by atoms with Crippen LogP contribution in [0.3, 0.4) is 0 Å². The fourth-order valence-electron chi connectivity index (χ4n) is 2.35. The van der Waals surface area contributed by atoms with E-state index in [0.717, 1.165) is 4.47 Å². The Morgan fingerprint density at radius 2 is 1.65 bits per heavy atom. The predicted molar refractivity (Wildman–Crippen MR) is 92.7 cm³/mol. The lowest BCUT2D eigenvalue weighted by molar-refractivity contribution is 0.0149. The van der Waals surface area contributed by atoms with Crippen LogP contribution in [-0.4, -0.2) is 60.0 Å². The minimum absolute atomic E-state index is 0.100. The quantitative estimate of drug-likeness (QED) is 0.753. The SMILES string of the molecule is CC(C)(C)OC(=O)N1CCN(CC(=O)c2ccc(Br)cc2)CC1. The number of hydrogen-bond donors (Lipinski definition) is 0. The molecular weight excluding hydrogens is 360 g/mol. The van der Waals surface area contributed by atoms with Gasteiger partial charge in [-0.3, -0.25) is 9.69 Å². The van der Waals surface area contributed by atoms with Crippen molar-refractivity contribution in [2.24, 2.45) is 0 Å². The summed E-state index contributed by atoms with van der Waals surface area (Å²) in [5.41, 5.74) is 0.231. The van der Waals surface area contributed by atoms with Gasteiger partial charge >= 0.3 is 6.09 Å². The normalized spacial score (nSPS) is 16.3. The molecule has 1 saturated heterocycles. The van der Waals surface area contributed by atoms with Crippen LogP contribution in [0.1, 0.15) is 31.1 Å². The van der Waals surface area contributed by atoms with Gasteiger partial charge in [0.1, 0.15) is 5.60 Å². The first-order chi connectivity index (χ1) is 10.7. The summed E-state index contributed by atoms with van der Waals surface area (Å²) in [5.74, 6) is 0.100. The summed E-state index contributed by atoms with van der Waals surface area (Å²) in [6.45, 7) is 8.49. The molecule has 0 spiro atoms. The van der Waals surface area contributed by atoms with Gasteiger partial charge < -0.3 is 9.64 Å². The van der Waals surface area contributed by atoms with Crippen molar-refractivity contribution in [1.82, 2.24) is 9.80 Å². The molecule has 1 aliphatic rings. The highest BCUT2D eigenvalue weighted by molar-refractivity contribution is 9.10. The molecule has 0 aromatic heterocycles. The van der Waals surface area contributed by atoms with Gasteiger partial charge in [-0.25, -0.2) is 4.79 Å². The number of ketones is 1. The molecule has 0 aliphatic carbocycles. The fourth-order valence-corrected chi connectivity index (χ4v) is 2.61. The summed E-state index contributed by atoms with van der Waals surface area (Å²) in [5, 5.41) is 0. The summed E-state index contributed by atoms with van der Waals surface area (Å²) in [4.78, 5) is 28.0. The number of Topliss-reactive ketones (excluding diaryl/α,β-unsaturated/α-hetero) is 1. The van der Waals surface area contributed by atoms with Crippen molar-refractivity contribution >= 4 is 27.8 Å². The molecule has 2 rings (SSSR count). The molecule has 0 radical (unpaired) electrons. The lowest BCUT2D eigenvalue weighted by Gasteiger charge is -2.35. The van der Waals surface area contributed by atoms with Gasteiger partial charge in [0.25, 0.3) is 0 Å². The van der Waals surface area contributed by atoms with Gasteiger partial charge in [0.15, 0.2) is 5.78 Å². The van der Waals surface area contributed by atoms with Crippen LogP contribution in [0.5, 0.6) is 0 Å². The molecule has 1 fully saturated rings. The van der Waals surface area contributed by atoms with E-state index >= 15 is 0 Å². The van der Waals surface area contributed by atoms with Crippen LogP contribution < -0.4 is 0 Å². The number of rotatable bonds is 3. The van der Waals surface area contributed by atoms with Crippen LogP contribution in [0.15, 0.2) is 28.7 Å². The van der Waals surface area contributed by atoms with Gasteiger partial charge in [0.05, 0.1) is 6.54 Å². The summed E-state index contributed by atoms with van der Waals surface area (Å²) in [6.07, 6.45) is -0.281. The highest BCUT2D eigenvalue weighted by Gasteiger charge is 2.26. The van der Waals surface area contributed by atoms with Crippen LogP contribution >= 0.6 is 15.9 Å². The van der Waals surface area contributed by atoms with Crippen molar-refractivity contribution in [3.05, 3.63) is 34.3 Å². The molecule has 0 N–H and O–H groups in total. The first-order valence-electron chi connectivity index (χ1n) is 7.74. The van der Waals surface area contributed by atoms with E-state index in [2.05, 4.69) is 20.8 Å². The van der Waals surface area contributed by atoms with E-state index in [9.17, 15) is 9.59 Å². The van der Waals surface area contributed by atoms with Gasteiger partial charge in [-0.1, -0.05) is 28.1 Å². The number of piperazine rings is 1. The molecular formula is C17H23BrN2O3. The van der Waals surface area contributed by atoms with Crippen LogP contribution in [0.2, 0.25) is 0 Å². The van der Waals surface area contributed by atoms with Crippen LogP contribution in [-0.2, 0) is 4.74 Å². The number of benzene rings is 1. The Morgan fingerprint density at radius 1 is 1.09 bits per heavy atom. The van der Waals surface area contributed by atoms with Crippen molar-refractivity contribution in [3.63, 3.8) is 0 Å². The number of ether oxygens (including phenoxy) is 1. The van der Waals surface area contributed by atoms with Crippen LogP contribution in [0.4, 0.5) is 4.79 Å². The second-order valence-electron chi connectivity index (χ2n) is 6.67. The molecule has 1 amide bonds. The molecule has 0 atom stereocenters. The Kier molecular flexibility index (Phi) is 5.81. The third-order valence-electron chi connectivity index (χ3n) is 3.56. The van der Waals surface area contributed by atoms with E-state index in [1.54, 1.807) is 4.90 Å². The van der Waals surface area contributed by atoms with Gasteiger partial charge in [-0.05, 0) is 32.9 Å². The lowest BCUT2D eigenvalue weighted by atomic mass is 10.1. The van der Waals surface area contributed by atoms with Crippen molar-refractivity contribution in [1.29, 1.82) is 0 Å². The summed E-state index contributed by atoms with van der Waals surface area (Å²) in [7, 11) is 0. The monoisotopic (exact) mass is 382 g/mol. The second kappa shape index (κ2) is 7.45. The molecule has 0 saturated carbocycles. The highest BCUT2D eigenvalue weighted by Crippen LogP contribution is 2.14. The van der Waals surface area contributed by atoms with E-state index in [1.165, 1.54) is 0 Å². The Hall–Kier alpha value is -1.40. The maximum absolute atomic E-state index is 12.3. The predicted octanol–water partition coefficient (Wildman–Crippen LogP) is 3.18. The lowest BCUT2D eigenvalue weighted by Crippen LogP contribution is -2.51. The summed E-state index contributed by atoms with van der Waals surface area (Å²) >= 11 is 3.36. The minimum atomic E-state index is -0.480. The van der Waals surface area contributed by atoms with E-state index < -0.39 is 5.60 Å². The Morgan fingerprint density at radius 3 is 2.17 bits per heavy atom. The molecule has 1 aromatic carbocycles. The Labute approximate surface area is 145 Å². The van der Waals surface area contributed by atoms with Crippen LogP contribution in [0, 0.1) is 0 Å². The minimum Gasteiger partial charge on any atom is -0.444 e. The number of carbonyl (C=O) groups excluding carboxylic acids is 2. The Bertz CT molecular complexity index is 558. The maximum Gasteiger partial charge on any atom is 0.410 e. The third-order valence-corrected chi connectivity index (χ3v) is 4.09. The molecule has 6 heteroatoms. The third kappa shape index (κ3) is 5.62. The number of carbonyl (C=O) groups is 2. The number of hydrogen-bond acceptors (Lipinski definition) is 4. The molecule has 5 nitrogen and oxygen atoms in total. The second-order valence-corrected chi connectivity index (χ2v) is 7.59. The molecule has 1 aromatic rings. The number of halogens is 1. The molecule has 23 heavy (non-hydrogen) atoms. The molecule has 1 heterocycles. The smallest absolute Gasteiger partial charge is 0.410 e. The standard InChI is InChI=1S/C17H23BrN2O3/c1-17(2,3)23-16(22)20-10-8-19(9-11-20)12-15(21)13-4-6-14(18)7-5-13/h4-7H,8-12H2,1-3H3. The Balaban J connectivity index is 1.81. The van der Waals surface area contributed by atoms with E-state index in [-0.39, 0.29) is 11.9 Å². The van der Waals surface area contributed by atoms with Crippen molar-refractivity contribution in [2.75, 3.05) is 32.7 Å². The molecule has 0 bridgehead atoms. The number of nitrogens with zero attached hydrogens (tertiary/aromatic N) is 2. The van der Waals surface area contributed by atoms with Gasteiger partial charge in [0.2, 0.25) is 0 Å². The van der Waals surface area contributed by atoms with E-state index in [1.807, 2.05) is 45.0 Å². The summed E-state index contributed by atoms with van der Waals surface area (Å²) in [6, 6.07) is 7.38. The first kappa shape index (κ1) is 17.9. The van der Waals surface area contributed by atoms with Gasteiger partial charge in [-0.2, -0.15) is 0 Å².